The summed E-state index contributed by atoms with van der Waals surface area (Å²) in [5, 5.41) is 6.05. The van der Waals surface area contributed by atoms with Crippen LogP contribution < -0.4 is 10.6 Å². The summed E-state index contributed by atoms with van der Waals surface area (Å²) in [4.78, 5) is 38.8. The Hall–Kier alpha value is -2.80. The summed E-state index contributed by atoms with van der Waals surface area (Å²) in [6.07, 6.45) is 0. The van der Waals surface area contributed by atoms with Crippen LogP contribution in [0.15, 0.2) is 18.2 Å². The van der Waals surface area contributed by atoms with Crippen LogP contribution in [0.1, 0.15) is 46.0 Å². The van der Waals surface area contributed by atoms with E-state index in [9.17, 15) is 14.4 Å². The summed E-state index contributed by atoms with van der Waals surface area (Å²) in [7, 11) is 1.30. The van der Waals surface area contributed by atoms with Crippen molar-refractivity contribution >= 4 is 40.6 Å². The minimum absolute atomic E-state index is 0.201. The minimum Gasteiger partial charge on any atom is -0.465 e. The van der Waals surface area contributed by atoms with Gasteiger partial charge in [-0.3, -0.25) is 9.59 Å². The third-order valence-electron chi connectivity index (χ3n) is 4.13. The fraction of sp³-hybridized carbons (Fsp3) is 0.316. The van der Waals surface area contributed by atoms with Crippen molar-refractivity contribution < 1.29 is 19.1 Å². The number of amides is 1. The molecular formula is C19H22ClN3O4. The quantitative estimate of drug-likeness (QED) is 0.514. The molecule has 7 nitrogen and oxygen atoms in total. The number of aromatic amines is 1. The lowest BCUT2D eigenvalue weighted by atomic mass is 10.0. The first kappa shape index (κ1) is 20.5. The average molecular weight is 392 g/mol. The van der Waals surface area contributed by atoms with E-state index in [2.05, 4.69) is 15.6 Å². The van der Waals surface area contributed by atoms with E-state index in [-0.39, 0.29) is 11.7 Å². The summed E-state index contributed by atoms with van der Waals surface area (Å²) in [5.74, 6) is -0.908. The summed E-state index contributed by atoms with van der Waals surface area (Å²) >= 11 is 6.16. The number of rotatable bonds is 6. The number of ether oxygens (including phenoxy) is 1. The summed E-state index contributed by atoms with van der Waals surface area (Å²) in [6.45, 7) is 6.53. The number of benzene rings is 1. The molecule has 1 unspecified atom stereocenters. The van der Waals surface area contributed by atoms with Crippen LogP contribution in [-0.2, 0) is 9.53 Å². The van der Waals surface area contributed by atoms with Gasteiger partial charge in [0.25, 0.3) is 0 Å². The molecule has 0 aliphatic heterocycles. The molecule has 1 aromatic heterocycles. The van der Waals surface area contributed by atoms with Gasteiger partial charge in [-0.1, -0.05) is 11.6 Å². The Morgan fingerprint density at radius 1 is 1.22 bits per heavy atom. The highest BCUT2D eigenvalue weighted by molar-refractivity contribution is 6.34. The molecule has 0 spiro atoms. The SMILES string of the molecule is COC(=O)c1c(C)[nH]c(C(=O)C(C)Nc2ccc(NC(C)=O)c(Cl)c2)c1C. The van der Waals surface area contributed by atoms with E-state index in [1.165, 1.54) is 14.0 Å². The molecule has 2 aromatic rings. The number of aryl methyl sites for hydroxylation is 1. The van der Waals surface area contributed by atoms with E-state index in [0.717, 1.165) is 0 Å². The first-order valence-electron chi connectivity index (χ1n) is 8.31. The van der Waals surface area contributed by atoms with Gasteiger partial charge in [-0.05, 0) is 44.5 Å². The molecule has 27 heavy (non-hydrogen) atoms. The maximum Gasteiger partial charge on any atom is 0.339 e. The van der Waals surface area contributed by atoms with Crippen LogP contribution in [0.4, 0.5) is 11.4 Å². The molecule has 3 N–H and O–H groups in total. The molecule has 1 heterocycles. The zero-order chi connectivity index (χ0) is 20.3. The highest BCUT2D eigenvalue weighted by atomic mass is 35.5. The van der Waals surface area contributed by atoms with Crippen LogP contribution >= 0.6 is 11.6 Å². The number of carbonyl (C=O) groups excluding carboxylic acids is 3. The molecule has 1 aromatic carbocycles. The van der Waals surface area contributed by atoms with Crippen LogP contribution in [0, 0.1) is 13.8 Å². The first-order valence-corrected chi connectivity index (χ1v) is 8.68. The number of Topliss-reactive ketones (excluding diaryl/α,β-unsaturated/α-hetero) is 1. The Kier molecular flexibility index (Phi) is 6.28. The fourth-order valence-electron chi connectivity index (χ4n) is 2.83. The highest BCUT2D eigenvalue weighted by Gasteiger charge is 2.25. The van der Waals surface area contributed by atoms with Gasteiger partial charge in [0, 0.05) is 18.3 Å². The predicted molar refractivity (Wildman–Crippen MR) is 105 cm³/mol. The standard InChI is InChI=1S/C19H22ClN3O4/c1-9-16(19(26)27-5)10(2)22-17(9)18(25)11(3)21-13-6-7-15(14(20)8-13)23-12(4)24/h6-8,11,21-22H,1-5H3,(H,23,24). The van der Waals surface area contributed by atoms with E-state index in [4.69, 9.17) is 16.3 Å². The lowest BCUT2D eigenvalue weighted by Gasteiger charge is -2.15. The molecule has 1 amide bonds. The van der Waals surface area contributed by atoms with E-state index in [1.807, 2.05) is 0 Å². The second-order valence-electron chi connectivity index (χ2n) is 6.22. The third-order valence-corrected chi connectivity index (χ3v) is 4.44. The van der Waals surface area contributed by atoms with Gasteiger partial charge in [-0.15, -0.1) is 0 Å². The Morgan fingerprint density at radius 2 is 1.89 bits per heavy atom. The maximum absolute atomic E-state index is 12.8. The van der Waals surface area contributed by atoms with Crippen LogP contribution in [0.25, 0.3) is 0 Å². The van der Waals surface area contributed by atoms with E-state index < -0.39 is 12.0 Å². The molecule has 2 rings (SSSR count). The molecule has 144 valence electrons. The molecule has 0 saturated carbocycles. The number of methoxy groups -OCH3 is 1. The number of H-pyrrole nitrogens is 1. The lowest BCUT2D eigenvalue weighted by molar-refractivity contribution is -0.114. The van der Waals surface area contributed by atoms with Gasteiger partial charge in [0.05, 0.1) is 35.1 Å². The summed E-state index contributed by atoms with van der Waals surface area (Å²) in [6, 6.07) is 4.43. The molecule has 0 aliphatic carbocycles. The van der Waals surface area contributed by atoms with Crippen LogP contribution in [0.5, 0.6) is 0 Å². The van der Waals surface area contributed by atoms with Crippen molar-refractivity contribution in [3.05, 3.63) is 45.7 Å². The zero-order valence-electron chi connectivity index (χ0n) is 15.8. The average Bonchev–Trinajstić information content (AvgIpc) is 2.90. The number of anilines is 2. The number of hydrogen-bond donors (Lipinski definition) is 3. The minimum atomic E-state index is -0.574. The maximum atomic E-state index is 12.8. The molecule has 0 radical (unpaired) electrons. The molecule has 1 atom stereocenters. The molecular weight excluding hydrogens is 370 g/mol. The molecule has 0 fully saturated rings. The number of carbonyl (C=O) groups is 3. The van der Waals surface area contributed by atoms with Gasteiger partial charge in [-0.25, -0.2) is 4.79 Å². The Bertz CT molecular complexity index is 905. The van der Waals surface area contributed by atoms with E-state index in [0.29, 0.717) is 38.9 Å². The fourth-order valence-corrected chi connectivity index (χ4v) is 3.06. The number of ketones is 1. The Labute approximate surface area is 162 Å². The monoisotopic (exact) mass is 391 g/mol. The van der Waals surface area contributed by atoms with Crippen molar-refractivity contribution in [2.24, 2.45) is 0 Å². The lowest BCUT2D eigenvalue weighted by Crippen LogP contribution is -2.27. The molecule has 0 bridgehead atoms. The molecule has 0 aliphatic rings. The largest absolute Gasteiger partial charge is 0.465 e. The van der Waals surface area contributed by atoms with Gasteiger partial charge < -0.3 is 20.4 Å². The molecule has 8 heteroatoms. The summed E-state index contributed by atoms with van der Waals surface area (Å²) < 4.78 is 4.77. The van der Waals surface area contributed by atoms with Gasteiger partial charge in [0.2, 0.25) is 11.7 Å². The second-order valence-corrected chi connectivity index (χ2v) is 6.63. The predicted octanol–water partition coefficient (Wildman–Crippen LogP) is 3.71. The van der Waals surface area contributed by atoms with Gasteiger partial charge in [-0.2, -0.15) is 0 Å². The topological polar surface area (TPSA) is 100 Å². The van der Waals surface area contributed by atoms with Crippen molar-refractivity contribution in [1.82, 2.24) is 4.98 Å². The number of nitrogens with one attached hydrogen (secondary N) is 3. The third kappa shape index (κ3) is 4.49. The van der Waals surface area contributed by atoms with E-state index in [1.54, 1.807) is 39.0 Å². The Balaban J connectivity index is 2.20. The summed E-state index contributed by atoms with van der Waals surface area (Å²) in [5.41, 5.74) is 2.98. The Morgan fingerprint density at radius 3 is 2.44 bits per heavy atom. The first-order chi connectivity index (χ1) is 12.6. The number of hydrogen-bond acceptors (Lipinski definition) is 5. The van der Waals surface area contributed by atoms with Gasteiger partial charge in [0.1, 0.15) is 0 Å². The van der Waals surface area contributed by atoms with Gasteiger partial charge >= 0.3 is 5.97 Å². The van der Waals surface area contributed by atoms with Crippen molar-refractivity contribution in [3.8, 4) is 0 Å². The van der Waals surface area contributed by atoms with Crippen LogP contribution in [0.3, 0.4) is 0 Å². The highest BCUT2D eigenvalue weighted by Crippen LogP contribution is 2.26. The van der Waals surface area contributed by atoms with Crippen molar-refractivity contribution in [2.75, 3.05) is 17.7 Å². The number of aromatic nitrogens is 1. The van der Waals surface area contributed by atoms with Crippen molar-refractivity contribution in [1.29, 1.82) is 0 Å². The number of esters is 1. The van der Waals surface area contributed by atoms with Crippen molar-refractivity contribution in [2.45, 2.75) is 33.7 Å². The molecule has 0 saturated heterocycles. The van der Waals surface area contributed by atoms with Crippen molar-refractivity contribution in [3.63, 3.8) is 0 Å². The smallest absolute Gasteiger partial charge is 0.339 e. The zero-order valence-corrected chi connectivity index (χ0v) is 16.6. The van der Waals surface area contributed by atoms with Gasteiger partial charge in [0.15, 0.2) is 0 Å². The number of halogens is 1. The second kappa shape index (κ2) is 8.26. The van der Waals surface area contributed by atoms with E-state index >= 15 is 0 Å². The normalized spacial score (nSPS) is 11.6. The van der Waals surface area contributed by atoms with Crippen LogP contribution in [-0.4, -0.2) is 35.8 Å². The van der Waals surface area contributed by atoms with Crippen LogP contribution in [0.2, 0.25) is 5.02 Å².